The van der Waals surface area contributed by atoms with Crippen molar-refractivity contribution in [2.75, 3.05) is 5.06 Å². The number of hydrogen-bond acceptors (Lipinski definition) is 6. The van der Waals surface area contributed by atoms with Crippen LogP contribution in [0.1, 0.15) is 17.2 Å². The van der Waals surface area contributed by atoms with E-state index in [0.29, 0.717) is 21.3 Å². The van der Waals surface area contributed by atoms with Gasteiger partial charge in [-0.1, -0.05) is 65.7 Å². The number of amides is 2. The Morgan fingerprint density at radius 1 is 0.941 bits per heavy atom. The van der Waals surface area contributed by atoms with Crippen LogP contribution < -0.4 is 5.06 Å². The van der Waals surface area contributed by atoms with Gasteiger partial charge in [0.05, 0.1) is 23.2 Å². The molecule has 0 saturated carbocycles. The van der Waals surface area contributed by atoms with E-state index in [-0.39, 0.29) is 12.2 Å². The second kappa shape index (κ2) is 8.72. The summed E-state index contributed by atoms with van der Waals surface area (Å²) in [7, 11) is 0. The first-order chi connectivity index (χ1) is 16.3. The number of nitro groups is 1. The quantitative estimate of drug-likeness (QED) is 0.281. The number of imide groups is 1. The molecule has 3 aromatic rings. The lowest BCUT2D eigenvalue weighted by Gasteiger charge is -2.29. The maximum absolute atomic E-state index is 13.5. The summed E-state index contributed by atoms with van der Waals surface area (Å²) in [5.41, 5.74) is 1.51. The molecule has 34 heavy (non-hydrogen) atoms. The predicted octanol–water partition coefficient (Wildman–Crippen LogP) is 4.95. The SMILES string of the molecule is O=C1[C@H]2[C@H](ON(c3cccc([N+](=O)[O-])c3)[C@@H]2c2ccc(Cl)cc2Cl)C(=O)N1Cc1ccccc1. The summed E-state index contributed by atoms with van der Waals surface area (Å²) in [6.45, 7) is 0.118. The van der Waals surface area contributed by atoms with E-state index in [1.807, 2.05) is 30.3 Å². The Morgan fingerprint density at radius 3 is 2.41 bits per heavy atom. The molecule has 5 rings (SSSR count). The van der Waals surface area contributed by atoms with Gasteiger partial charge in [0.1, 0.15) is 5.92 Å². The number of carbonyl (C=O) groups excluding carboxylic acids is 2. The van der Waals surface area contributed by atoms with E-state index < -0.39 is 34.8 Å². The van der Waals surface area contributed by atoms with Gasteiger partial charge in [0.15, 0.2) is 6.10 Å². The van der Waals surface area contributed by atoms with Gasteiger partial charge < -0.3 is 0 Å². The number of hydroxylamine groups is 1. The summed E-state index contributed by atoms with van der Waals surface area (Å²) < 4.78 is 0. The second-order valence-electron chi connectivity index (χ2n) is 8.01. The van der Waals surface area contributed by atoms with Gasteiger partial charge in [-0.3, -0.25) is 29.4 Å². The number of benzene rings is 3. The minimum atomic E-state index is -1.09. The fraction of sp³-hybridized carbons (Fsp3) is 0.167. The lowest BCUT2D eigenvalue weighted by molar-refractivity contribution is -0.384. The third kappa shape index (κ3) is 3.79. The largest absolute Gasteiger partial charge is 0.275 e. The number of anilines is 1. The molecule has 10 heteroatoms. The molecule has 172 valence electrons. The average molecular weight is 498 g/mol. The smallest absolute Gasteiger partial charge is 0.271 e. The van der Waals surface area contributed by atoms with Crippen LogP contribution >= 0.6 is 23.2 Å². The first-order valence-corrected chi connectivity index (χ1v) is 11.2. The van der Waals surface area contributed by atoms with Gasteiger partial charge in [0, 0.05) is 22.2 Å². The zero-order chi connectivity index (χ0) is 24.0. The van der Waals surface area contributed by atoms with Gasteiger partial charge in [0.25, 0.3) is 11.6 Å². The number of nitrogens with zero attached hydrogens (tertiary/aromatic N) is 3. The molecular formula is C24H17Cl2N3O5. The number of rotatable bonds is 5. The third-order valence-electron chi connectivity index (χ3n) is 5.97. The minimum Gasteiger partial charge on any atom is -0.275 e. The molecule has 0 aromatic heterocycles. The Morgan fingerprint density at radius 2 is 1.71 bits per heavy atom. The maximum Gasteiger partial charge on any atom is 0.271 e. The molecule has 3 aromatic carbocycles. The van der Waals surface area contributed by atoms with Crippen molar-refractivity contribution in [2.24, 2.45) is 5.92 Å². The van der Waals surface area contributed by atoms with E-state index in [0.717, 1.165) is 5.56 Å². The Balaban J connectivity index is 1.57. The Bertz CT molecular complexity index is 1300. The molecule has 0 bridgehead atoms. The van der Waals surface area contributed by atoms with E-state index in [1.165, 1.54) is 28.2 Å². The van der Waals surface area contributed by atoms with Gasteiger partial charge in [-0.25, -0.2) is 5.06 Å². The van der Waals surface area contributed by atoms with E-state index in [2.05, 4.69) is 0 Å². The Kier molecular flexibility index (Phi) is 5.73. The molecule has 0 aliphatic carbocycles. The van der Waals surface area contributed by atoms with E-state index in [9.17, 15) is 19.7 Å². The third-order valence-corrected chi connectivity index (χ3v) is 6.53. The molecule has 8 nitrogen and oxygen atoms in total. The van der Waals surface area contributed by atoms with Gasteiger partial charge in [-0.15, -0.1) is 0 Å². The normalized spacial score (nSPS) is 21.8. The fourth-order valence-corrected chi connectivity index (χ4v) is 4.94. The Labute approximate surface area is 204 Å². The second-order valence-corrected chi connectivity index (χ2v) is 8.86. The first kappa shape index (κ1) is 22.3. The molecule has 0 radical (unpaired) electrons. The van der Waals surface area contributed by atoms with Gasteiger partial charge in [0.2, 0.25) is 5.91 Å². The van der Waals surface area contributed by atoms with Crippen molar-refractivity contribution in [1.29, 1.82) is 0 Å². The standard InChI is InChI=1S/C24H17Cl2N3O5/c25-15-9-10-18(19(26)11-15)21-20-22(34-28(21)16-7-4-8-17(12-16)29(32)33)24(31)27(23(20)30)13-14-5-2-1-3-6-14/h1-12,20-22H,13H2/t20-,21-,22+/m1/s1. The summed E-state index contributed by atoms with van der Waals surface area (Å²) in [6, 6.07) is 19.0. The fourth-order valence-electron chi connectivity index (χ4n) is 4.42. The predicted molar refractivity (Wildman–Crippen MR) is 125 cm³/mol. The first-order valence-electron chi connectivity index (χ1n) is 10.4. The zero-order valence-electron chi connectivity index (χ0n) is 17.5. The minimum absolute atomic E-state index is 0.118. The zero-order valence-corrected chi connectivity index (χ0v) is 19.0. The van der Waals surface area contributed by atoms with Crippen molar-refractivity contribution in [3.63, 3.8) is 0 Å². The number of halogens is 2. The van der Waals surface area contributed by atoms with Crippen LogP contribution in [-0.4, -0.2) is 27.7 Å². The maximum atomic E-state index is 13.5. The van der Waals surface area contributed by atoms with Crippen molar-refractivity contribution in [3.05, 3.63) is 104 Å². The summed E-state index contributed by atoms with van der Waals surface area (Å²) in [5.74, 6) is -1.76. The molecule has 0 spiro atoms. The number of hydrogen-bond donors (Lipinski definition) is 0. The number of carbonyl (C=O) groups is 2. The summed E-state index contributed by atoms with van der Waals surface area (Å²) in [5, 5.41) is 13.4. The molecule has 2 saturated heterocycles. The number of fused-ring (bicyclic) bond motifs is 1. The van der Waals surface area contributed by atoms with E-state index >= 15 is 0 Å². The van der Waals surface area contributed by atoms with Gasteiger partial charge in [-0.05, 0) is 29.3 Å². The summed E-state index contributed by atoms with van der Waals surface area (Å²) >= 11 is 12.6. The van der Waals surface area contributed by atoms with Gasteiger partial charge >= 0.3 is 0 Å². The monoisotopic (exact) mass is 497 g/mol. The average Bonchev–Trinajstić information content (AvgIpc) is 3.32. The summed E-state index contributed by atoms with van der Waals surface area (Å²) in [6.07, 6.45) is -1.09. The van der Waals surface area contributed by atoms with Crippen molar-refractivity contribution in [3.8, 4) is 0 Å². The lowest BCUT2D eigenvalue weighted by atomic mass is 9.90. The van der Waals surface area contributed by atoms with Crippen molar-refractivity contribution in [1.82, 2.24) is 4.90 Å². The molecule has 0 N–H and O–H groups in total. The van der Waals surface area contributed by atoms with Crippen LogP contribution in [0.25, 0.3) is 0 Å². The van der Waals surface area contributed by atoms with Crippen LogP contribution in [0.4, 0.5) is 11.4 Å². The van der Waals surface area contributed by atoms with Crippen LogP contribution in [0.2, 0.25) is 10.0 Å². The van der Waals surface area contributed by atoms with Crippen LogP contribution in [-0.2, 0) is 21.0 Å². The van der Waals surface area contributed by atoms with Crippen LogP contribution in [0, 0.1) is 16.0 Å². The molecule has 0 unspecified atom stereocenters. The summed E-state index contributed by atoms with van der Waals surface area (Å²) in [4.78, 5) is 44.8. The topological polar surface area (TPSA) is 93.0 Å². The molecule has 3 atom stereocenters. The molecule has 2 amide bonds. The van der Waals surface area contributed by atoms with Crippen LogP contribution in [0.15, 0.2) is 72.8 Å². The number of nitro benzene ring substituents is 1. The molecule has 2 heterocycles. The van der Waals surface area contributed by atoms with Crippen molar-refractivity contribution >= 4 is 46.4 Å². The van der Waals surface area contributed by atoms with Crippen molar-refractivity contribution < 1.29 is 19.3 Å². The highest BCUT2D eigenvalue weighted by molar-refractivity contribution is 6.35. The molecule has 2 fully saturated rings. The van der Waals surface area contributed by atoms with Crippen LogP contribution in [0.5, 0.6) is 0 Å². The van der Waals surface area contributed by atoms with E-state index in [4.69, 9.17) is 28.0 Å². The van der Waals surface area contributed by atoms with Crippen LogP contribution in [0.3, 0.4) is 0 Å². The molecule has 2 aliphatic rings. The molecular weight excluding hydrogens is 481 g/mol. The molecule has 2 aliphatic heterocycles. The van der Waals surface area contributed by atoms with Gasteiger partial charge in [-0.2, -0.15) is 0 Å². The highest BCUT2D eigenvalue weighted by atomic mass is 35.5. The number of non-ortho nitro benzene ring substituents is 1. The Hall–Kier alpha value is -3.46. The highest BCUT2D eigenvalue weighted by Gasteiger charge is 2.60. The van der Waals surface area contributed by atoms with Crippen molar-refractivity contribution in [2.45, 2.75) is 18.7 Å². The lowest BCUT2D eigenvalue weighted by Crippen LogP contribution is -2.37. The highest BCUT2D eigenvalue weighted by Crippen LogP contribution is 2.49. The number of likely N-dealkylation sites (tertiary alicyclic amines) is 1. The van der Waals surface area contributed by atoms with E-state index in [1.54, 1.807) is 24.3 Å².